The first-order chi connectivity index (χ1) is 11.1. The molecule has 1 heterocycles. The molecule has 0 bridgehead atoms. The van der Waals surface area contributed by atoms with Gasteiger partial charge in [-0.05, 0) is 24.8 Å². The van der Waals surface area contributed by atoms with Gasteiger partial charge in [-0.3, -0.25) is 9.69 Å². The molecule has 1 fully saturated rings. The number of rotatable bonds is 6. The summed E-state index contributed by atoms with van der Waals surface area (Å²) in [7, 11) is 0. The first-order valence-electron chi connectivity index (χ1n) is 8.91. The molecule has 1 aromatic rings. The van der Waals surface area contributed by atoms with Crippen LogP contribution in [-0.2, 0) is 11.3 Å². The van der Waals surface area contributed by atoms with E-state index < -0.39 is 0 Å². The molecule has 0 aromatic heterocycles. The van der Waals surface area contributed by atoms with Crippen LogP contribution in [0, 0.1) is 5.41 Å². The summed E-state index contributed by atoms with van der Waals surface area (Å²) >= 11 is 0. The number of carbonyl (C=O) groups is 1. The Morgan fingerprint density at radius 1 is 1.09 bits per heavy atom. The second kappa shape index (κ2) is 8.46. The van der Waals surface area contributed by atoms with Crippen LogP contribution in [0.25, 0.3) is 0 Å². The molecule has 0 aliphatic carbocycles. The third-order valence-electron chi connectivity index (χ3n) is 5.32. The molecule has 1 amide bonds. The topological polar surface area (TPSA) is 49.6 Å². The van der Waals surface area contributed by atoms with E-state index in [1.54, 1.807) is 0 Å². The maximum atomic E-state index is 13.0. The number of benzene rings is 1. The largest absolute Gasteiger partial charge is 0.341 e. The Bertz CT molecular complexity index is 476. The third-order valence-corrected chi connectivity index (χ3v) is 5.32. The van der Waals surface area contributed by atoms with Gasteiger partial charge in [0.05, 0.1) is 5.41 Å². The van der Waals surface area contributed by atoms with Crippen molar-refractivity contribution in [2.75, 3.05) is 32.7 Å². The van der Waals surface area contributed by atoms with Crippen molar-refractivity contribution < 1.29 is 4.79 Å². The van der Waals surface area contributed by atoms with Crippen molar-refractivity contribution in [3.63, 3.8) is 0 Å². The molecule has 4 nitrogen and oxygen atoms in total. The van der Waals surface area contributed by atoms with E-state index in [9.17, 15) is 4.79 Å². The highest BCUT2D eigenvalue weighted by Crippen LogP contribution is 2.28. The highest BCUT2D eigenvalue weighted by molar-refractivity contribution is 5.83. The quantitative estimate of drug-likeness (QED) is 0.877. The molecule has 0 unspecified atom stereocenters. The number of hydrogen-bond donors (Lipinski definition) is 1. The Morgan fingerprint density at radius 3 is 2.39 bits per heavy atom. The fraction of sp³-hybridized carbons (Fsp3) is 0.632. The number of nitrogens with two attached hydrogens (primary N) is 1. The van der Waals surface area contributed by atoms with Crippen molar-refractivity contribution in [3.05, 3.63) is 35.9 Å². The van der Waals surface area contributed by atoms with Crippen molar-refractivity contribution in [1.82, 2.24) is 9.80 Å². The van der Waals surface area contributed by atoms with Crippen molar-refractivity contribution >= 4 is 5.91 Å². The highest BCUT2D eigenvalue weighted by atomic mass is 16.2. The van der Waals surface area contributed by atoms with Gasteiger partial charge in [-0.1, -0.05) is 44.2 Å². The molecule has 0 saturated carbocycles. The van der Waals surface area contributed by atoms with Gasteiger partial charge < -0.3 is 10.6 Å². The maximum Gasteiger partial charge on any atom is 0.230 e. The molecule has 1 aliphatic rings. The van der Waals surface area contributed by atoms with E-state index in [0.29, 0.717) is 6.54 Å². The lowest BCUT2D eigenvalue weighted by Crippen LogP contribution is -2.48. The Kier molecular flexibility index (Phi) is 6.60. The summed E-state index contributed by atoms with van der Waals surface area (Å²) in [5.74, 6) is 0.256. The first kappa shape index (κ1) is 18.0. The molecule has 2 N–H and O–H groups in total. The fourth-order valence-corrected chi connectivity index (χ4v) is 3.44. The average Bonchev–Trinajstić information content (AvgIpc) is 2.83. The zero-order valence-corrected chi connectivity index (χ0v) is 14.6. The van der Waals surface area contributed by atoms with Crippen LogP contribution in [0.15, 0.2) is 30.3 Å². The maximum absolute atomic E-state index is 13.0. The Hall–Kier alpha value is -1.39. The highest BCUT2D eigenvalue weighted by Gasteiger charge is 2.37. The van der Waals surface area contributed by atoms with Gasteiger partial charge in [0.1, 0.15) is 0 Å². The van der Waals surface area contributed by atoms with E-state index in [0.717, 1.165) is 52.0 Å². The standard InChI is InChI=1S/C19H31N3O/c1-3-19(4-2,16-20)18(23)22-12-8-11-21(13-14-22)15-17-9-6-5-7-10-17/h5-7,9-10H,3-4,8,11-16,20H2,1-2H3. The summed E-state index contributed by atoms with van der Waals surface area (Å²) in [5, 5.41) is 0. The Labute approximate surface area is 140 Å². The predicted molar refractivity (Wildman–Crippen MR) is 95.0 cm³/mol. The summed E-state index contributed by atoms with van der Waals surface area (Å²) < 4.78 is 0. The van der Waals surface area contributed by atoms with E-state index in [4.69, 9.17) is 5.73 Å². The minimum absolute atomic E-state index is 0.256. The molecule has 1 aromatic carbocycles. The van der Waals surface area contributed by atoms with Crippen LogP contribution in [0.3, 0.4) is 0 Å². The second-order valence-electron chi connectivity index (χ2n) is 6.60. The lowest BCUT2D eigenvalue weighted by molar-refractivity contribution is -0.142. The van der Waals surface area contributed by atoms with Crippen LogP contribution in [0.2, 0.25) is 0 Å². The minimum Gasteiger partial charge on any atom is -0.341 e. The van der Waals surface area contributed by atoms with E-state index >= 15 is 0 Å². The van der Waals surface area contributed by atoms with Gasteiger partial charge in [0.2, 0.25) is 5.91 Å². The zero-order valence-electron chi connectivity index (χ0n) is 14.6. The molecular weight excluding hydrogens is 286 g/mol. The van der Waals surface area contributed by atoms with Crippen LogP contribution in [0.1, 0.15) is 38.7 Å². The molecule has 4 heteroatoms. The van der Waals surface area contributed by atoms with Crippen molar-refractivity contribution in [1.29, 1.82) is 0 Å². The monoisotopic (exact) mass is 317 g/mol. The number of hydrogen-bond acceptors (Lipinski definition) is 3. The smallest absolute Gasteiger partial charge is 0.230 e. The normalized spacial score (nSPS) is 17.1. The van der Waals surface area contributed by atoms with Gasteiger partial charge in [-0.15, -0.1) is 0 Å². The van der Waals surface area contributed by atoms with E-state index in [2.05, 4.69) is 43.0 Å². The molecule has 1 saturated heterocycles. The second-order valence-corrected chi connectivity index (χ2v) is 6.60. The van der Waals surface area contributed by atoms with Crippen molar-refractivity contribution in [2.24, 2.45) is 11.1 Å². The fourth-order valence-electron chi connectivity index (χ4n) is 3.44. The van der Waals surface area contributed by atoms with Gasteiger partial charge in [-0.2, -0.15) is 0 Å². The van der Waals surface area contributed by atoms with Gasteiger partial charge in [0.25, 0.3) is 0 Å². The van der Waals surface area contributed by atoms with Crippen LogP contribution < -0.4 is 5.73 Å². The Morgan fingerprint density at radius 2 is 1.78 bits per heavy atom. The lowest BCUT2D eigenvalue weighted by atomic mass is 9.81. The predicted octanol–water partition coefficient (Wildman–Crippen LogP) is 2.49. The number of nitrogens with zero attached hydrogens (tertiary/aromatic N) is 2. The van der Waals surface area contributed by atoms with E-state index in [1.807, 2.05) is 11.0 Å². The van der Waals surface area contributed by atoms with Gasteiger partial charge in [0, 0.05) is 39.3 Å². The molecule has 0 spiro atoms. The molecule has 128 valence electrons. The van der Waals surface area contributed by atoms with Crippen LogP contribution >= 0.6 is 0 Å². The summed E-state index contributed by atoms with van der Waals surface area (Å²) in [6, 6.07) is 10.6. The Balaban J connectivity index is 1.96. The molecule has 2 rings (SSSR count). The van der Waals surface area contributed by atoms with Gasteiger partial charge >= 0.3 is 0 Å². The van der Waals surface area contributed by atoms with Gasteiger partial charge in [0.15, 0.2) is 0 Å². The SMILES string of the molecule is CCC(CC)(CN)C(=O)N1CCCN(Cc2ccccc2)CC1. The molecular formula is C19H31N3O. The first-order valence-corrected chi connectivity index (χ1v) is 8.91. The average molecular weight is 317 g/mol. The van der Waals surface area contributed by atoms with Crippen LogP contribution in [0.4, 0.5) is 0 Å². The number of amides is 1. The third kappa shape index (κ3) is 4.33. The van der Waals surface area contributed by atoms with Crippen LogP contribution in [0.5, 0.6) is 0 Å². The summed E-state index contributed by atoms with van der Waals surface area (Å²) in [6.07, 6.45) is 2.68. The van der Waals surface area contributed by atoms with E-state index in [1.165, 1.54) is 5.56 Å². The molecule has 0 atom stereocenters. The van der Waals surface area contributed by atoms with Gasteiger partial charge in [-0.25, -0.2) is 0 Å². The van der Waals surface area contributed by atoms with Crippen molar-refractivity contribution in [2.45, 2.75) is 39.7 Å². The summed E-state index contributed by atoms with van der Waals surface area (Å²) in [6.45, 7) is 9.22. The molecule has 1 aliphatic heterocycles. The zero-order chi connectivity index (χ0) is 16.7. The van der Waals surface area contributed by atoms with E-state index in [-0.39, 0.29) is 11.3 Å². The lowest BCUT2D eigenvalue weighted by Gasteiger charge is -2.34. The van der Waals surface area contributed by atoms with Crippen molar-refractivity contribution in [3.8, 4) is 0 Å². The summed E-state index contributed by atoms with van der Waals surface area (Å²) in [4.78, 5) is 17.5. The molecule has 0 radical (unpaired) electrons. The molecule has 23 heavy (non-hydrogen) atoms. The van der Waals surface area contributed by atoms with Crippen LogP contribution in [-0.4, -0.2) is 48.4 Å². The minimum atomic E-state index is -0.366. The number of carbonyl (C=O) groups excluding carboxylic acids is 1. The summed E-state index contributed by atoms with van der Waals surface area (Å²) in [5.41, 5.74) is 6.92.